The van der Waals surface area contributed by atoms with Gasteiger partial charge in [-0.25, -0.2) is 9.18 Å². The van der Waals surface area contributed by atoms with Gasteiger partial charge in [-0.2, -0.15) is 0 Å². The Balaban J connectivity index is 2.24. The molecule has 0 spiro atoms. The Morgan fingerprint density at radius 1 is 1.35 bits per heavy atom. The van der Waals surface area contributed by atoms with Crippen molar-refractivity contribution in [2.45, 2.75) is 32.8 Å². The zero-order valence-electron chi connectivity index (χ0n) is 11.9. The molecule has 2 N–H and O–H groups in total. The van der Waals surface area contributed by atoms with Gasteiger partial charge in [-0.1, -0.05) is 17.7 Å². The lowest BCUT2D eigenvalue weighted by Crippen LogP contribution is -2.33. The minimum atomic E-state index is -0.511. The van der Waals surface area contributed by atoms with Gasteiger partial charge in [-0.15, -0.1) is 0 Å². The first kappa shape index (κ1) is 16.6. The molecule has 1 amide bonds. The fourth-order valence-corrected chi connectivity index (χ4v) is 1.70. The van der Waals surface area contributed by atoms with Crippen LogP contribution in [0.2, 0.25) is 5.02 Å². The quantitative estimate of drug-likeness (QED) is 0.813. The van der Waals surface area contributed by atoms with Gasteiger partial charge in [0.15, 0.2) is 0 Å². The molecule has 0 aliphatic rings. The van der Waals surface area contributed by atoms with Gasteiger partial charge in [-0.05, 0) is 39.3 Å². The zero-order chi connectivity index (χ0) is 15.2. The van der Waals surface area contributed by atoms with Crippen molar-refractivity contribution in [1.29, 1.82) is 0 Å². The van der Waals surface area contributed by atoms with Gasteiger partial charge in [0.1, 0.15) is 11.4 Å². The van der Waals surface area contributed by atoms with E-state index < -0.39 is 17.5 Å². The molecule has 0 unspecified atom stereocenters. The predicted molar refractivity (Wildman–Crippen MR) is 78.8 cm³/mol. The van der Waals surface area contributed by atoms with E-state index in [-0.39, 0.29) is 5.69 Å². The standard InChI is InChI=1S/C14H20ClFN2O2/c1-14(2,3)20-13(19)18-9-5-8-17-12-10(15)6-4-7-11(12)16/h4,6-7,17H,5,8-9H2,1-3H3,(H,18,19). The average molecular weight is 303 g/mol. The minimum absolute atomic E-state index is 0.284. The molecule has 0 radical (unpaired) electrons. The molecule has 0 heterocycles. The maximum atomic E-state index is 13.4. The molecule has 1 aromatic carbocycles. The maximum Gasteiger partial charge on any atom is 0.407 e. The van der Waals surface area contributed by atoms with E-state index in [2.05, 4.69) is 10.6 Å². The van der Waals surface area contributed by atoms with Crippen molar-refractivity contribution in [1.82, 2.24) is 5.32 Å². The Kier molecular flexibility index (Phi) is 6.07. The summed E-state index contributed by atoms with van der Waals surface area (Å²) in [4.78, 5) is 11.4. The highest BCUT2D eigenvalue weighted by Crippen LogP contribution is 2.24. The summed E-state index contributed by atoms with van der Waals surface area (Å²) in [5.74, 6) is -0.391. The third kappa shape index (κ3) is 6.10. The second-order valence-corrected chi connectivity index (χ2v) is 5.71. The molecule has 0 fully saturated rings. The average Bonchev–Trinajstić information content (AvgIpc) is 2.29. The van der Waals surface area contributed by atoms with Crippen LogP contribution in [0.4, 0.5) is 14.9 Å². The molecular weight excluding hydrogens is 283 g/mol. The van der Waals surface area contributed by atoms with E-state index in [0.29, 0.717) is 24.5 Å². The van der Waals surface area contributed by atoms with Crippen LogP contribution < -0.4 is 10.6 Å². The van der Waals surface area contributed by atoms with E-state index in [4.69, 9.17) is 16.3 Å². The highest BCUT2D eigenvalue weighted by atomic mass is 35.5. The lowest BCUT2D eigenvalue weighted by atomic mass is 10.2. The van der Waals surface area contributed by atoms with Gasteiger partial charge in [0.05, 0.1) is 10.7 Å². The molecule has 0 aliphatic carbocycles. The molecule has 0 saturated carbocycles. The number of alkyl carbamates (subject to hydrolysis) is 1. The molecule has 0 aromatic heterocycles. The van der Waals surface area contributed by atoms with Gasteiger partial charge >= 0.3 is 6.09 Å². The summed E-state index contributed by atoms with van der Waals surface area (Å²) in [6.45, 7) is 6.33. The molecule has 4 nitrogen and oxygen atoms in total. The molecule has 6 heteroatoms. The van der Waals surface area contributed by atoms with E-state index in [1.165, 1.54) is 6.07 Å². The van der Waals surface area contributed by atoms with Crippen LogP contribution in [0.3, 0.4) is 0 Å². The van der Waals surface area contributed by atoms with E-state index in [1.807, 2.05) is 0 Å². The summed E-state index contributed by atoms with van der Waals surface area (Å²) in [5, 5.41) is 5.87. The summed E-state index contributed by atoms with van der Waals surface area (Å²) < 4.78 is 18.5. The molecule has 1 aromatic rings. The monoisotopic (exact) mass is 302 g/mol. The molecule has 0 atom stereocenters. The van der Waals surface area contributed by atoms with Crippen molar-refractivity contribution >= 4 is 23.4 Å². The summed E-state index contributed by atoms with van der Waals surface area (Å²) in [6, 6.07) is 4.51. The third-order valence-electron chi connectivity index (χ3n) is 2.29. The van der Waals surface area contributed by atoms with Crippen molar-refractivity contribution in [3.8, 4) is 0 Å². The number of halogens is 2. The number of carbonyl (C=O) groups is 1. The Morgan fingerprint density at radius 2 is 2.05 bits per heavy atom. The first-order chi connectivity index (χ1) is 9.29. The minimum Gasteiger partial charge on any atom is -0.444 e. The normalized spacial score (nSPS) is 11.1. The largest absolute Gasteiger partial charge is 0.444 e. The predicted octanol–water partition coefficient (Wildman–Crippen LogP) is 3.81. The number of ether oxygens (including phenoxy) is 1. The third-order valence-corrected chi connectivity index (χ3v) is 2.60. The molecule has 0 saturated heterocycles. The van der Waals surface area contributed by atoms with Crippen molar-refractivity contribution in [2.75, 3.05) is 18.4 Å². The van der Waals surface area contributed by atoms with Crippen LogP contribution in [0.1, 0.15) is 27.2 Å². The summed E-state index contributed by atoms with van der Waals surface area (Å²) in [6.07, 6.45) is 0.172. The maximum absolute atomic E-state index is 13.4. The second-order valence-electron chi connectivity index (χ2n) is 5.31. The van der Waals surface area contributed by atoms with Gasteiger partial charge in [0.25, 0.3) is 0 Å². The Bertz CT molecular complexity index is 441. The van der Waals surface area contributed by atoms with Crippen molar-refractivity contribution in [3.63, 3.8) is 0 Å². The first-order valence-corrected chi connectivity index (χ1v) is 6.82. The van der Waals surface area contributed by atoms with Crippen molar-refractivity contribution < 1.29 is 13.9 Å². The number of hydrogen-bond acceptors (Lipinski definition) is 3. The topological polar surface area (TPSA) is 50.4 Å². The number of carbonyl (C=O) groups excluding carboxylic acids is 1. The van der Waals surface area contributed by atoms with Gasteiger partial charge in [-0.3, -0.25) is 0 Å². The van der Waals surface area contributed by atoms with Crippen LogP contribution >= 0.6 is 11.6 Å². The van der Waals surface area contributed by atoms with E-state index in [1.54, 1.807) is 32.9 Å². The molecular formula is C14H20ClFN2O2. The molecule has 20 heavy (non-hydrogen) atoms. The Hall–Kier alpha value is -1.49. The second kappa shape index (κ2) is 7.33. The lowest BCUT2D eigenvalue weighted by Gasteiger charge is -2.19. The highest BCUT2D eigenvalue weighted by molar-refractivity contribution is 6.33. The number of hydrogen-bond donors (Lipinski definition) is 2. The number of anilines is 1. The summed E-state index contributed by atoms with van der Waals surface area (Å²) in [5.41, 5.74) is -0.227. The first-order valence-electron chi connectivity index (χ1n) is 6.44. The lowest BCUT2D eigenvalue weighted by molar-refractivity contribution is 0.0528. The summed E-state index contributed by atoms with van der Waals surface area (Å²) >= 11 is 5.87. The zero-order valence-corrected chi connectivity index (χ0v) is 12.7. The van der Waals surface area contributed by atoms with Crippen LogP contribution in [-0.2, 0) is 4.74 Å². The number of rotatable bonds is 5. The van der Waals surface area contributed by atoms with Crippen LogP contribution in [0.5, 0.6) is 0 Å². The van der Waals surface area contributed by atoms with E-state index in [0.717, 1.165) is 0 Å². The van der Waals surface area contributed by atoms with Gasteiger partial charge in [0.2, 0.25) is 0 Å². The Morgan fingerprint density at radius 3 is 2.65 bits per heavy atom. The van der Waals surface area contributed by atoms with Crippen molar-refractivity contribution in [3.05, 3.63) is 29.0 Å². The van der Waals surface area contributed by atoms with Crippen LogP contribution in [-0.4, -0.2) is 24.8 Å². The number of amides is 1. The van der Waals surface area contributed by atoms with Crippen LogP contribution in [0.25, 0.3) is 0 Å². The van der Waals surface area contributed by atoms with Gasteiger partial charge in [0, 0.05) is 13.1 Å². The van der Waals surface area contributed by atoms with Crippen LogP contribution in [0, 0.1) is 5.82 Å². The SMILES string of the molecule is CC(C)(C)OC(=O)NCCCNc1c(F)cccc1Cl. The Labute approximate surface area is 123 Å². The fourth-order valence-electron chi connectivity index (χ4n) is 1.47. The molecule has 1 rings (SSSR count). The molecule has 112 valence electrons. The van der Waals surface area contributed by atoms with Gasteiger partial charge < -0.3 is 15.4 Å². The molecule has 0 aliphatic heterocycles. The fraction of sp³-hybridized carbons (Fsp3) is 0.500. The number of benzene rings is 1. The number of nitrogens with one attached hydrogen (secondary N) is 2. The molecule has 0 bridgehead atoms. The van der Waals surface area contributed by atoms with Crippen LogP contribution in [0.15, 0.2) is 18.2 Å². The smallest absolute Gasteiger partial charge is 0.407 e. The van der Waals surface area contributed by atoms with Crippen molar-refractivity contribution in [2.24, 2.45) is 0 Å². The van der Waals surface area contributed by atoms with E-state index >= 15 is 0 Å². The highest BCUT2D eigenvalue weighted by Gasteiger charge is 2.15. The van der Waals surface area contributed by atoms with E-state index in [9.17, 15) is 9.18 Å². The number of para-hydroxylation sites is 1. The summed E-state index contributed by atoms with van der Waals surface area (Å²) in [7, 11) is 0.